The number of carbonyl (C=O) groups excluding carboxylic acids is 1. The number of anilines is 1. The van der Waals surface area contributed by atoms with Gasteiger partial charge in [0.2, 0.25) is 10.0 Å². The molecule has 0 bridgehead atoms. The minimum Gasteiger partial charge on any atom is -0.448 e. The predicted molar refractivity (Wildman–Crippen MR) is 65.4 cm³/mol. The van der Waals surface area contributed by atoms with Gasteiger partial charge in [-0.05, 0) is 18.6 Å². The molecule has 0 aliphatic carbocycles. The van der Waals surface area contributed by atoms with Crippen molar-refractivity contribution in [1.82, 2.24) is 0 Å². The summed E-state index contributed by atoms with van der Waals surface area (Å²) in [5, 5.41) is 0. The van der Waals surface area contributed by atoms with Crippen molar-refractivity contribution in [3.8, 4) is 0 Å². The summed E-state index contributed by atoms with van der Waals surface area (Å²) in [6.07, 6.45) is 0.728. The molecule has 0 aliphatic heterocycles. The molecule has 1 aromatic rings. The highest BCUT2D eigenvalue weighted by atomic mass is 32.2. The monoisotopic (exact) mass is 257 g/mol. The summed E-state index contributed by atoms with van der Waals surface area (Å²) in [6, 6.07) is 8.12. The molecular formula is C11H15NO4S. The Labute approximate surface area is 101 Å². The molecule has 0 aromatic heterocycles. The second-order valence-corrected chi connectivity index (χ2v) is 5.31. The van der Waals surface area contributed by atoms with E-state index in [0.717, 1.165) is 6.26 Å². The van der Waals surface area contributed by atoms with Gasteiger partial charge in [0, 0.05) is 0 Å². The first-order chi connectivity index (χ1) is 7.96. The van der Waals surface area contributed by atoms with Gasteiger partial charge in [0.15, 0.2) is 0 Å². The maximum atomic E-state index is 11.7. The first-order valence-corrected chi connectivity index (χ1v) is 7.03. The number of carbonyl (C=O) groups is 1. The van der Waals surface area contributed by atoms with Crippen LogP contribution in [0.4, 0.5) is 10.5 Å². The molecule has 1 aromatic carbocycles. The zero-order valence-electron chi connectivity index (χ0n) is 9.79. The maximum Gasteiger partial charge on any atom is 0.428 e. The van der Waals surface area contributed by atoms with Gasteiger partial charge in [-0.25, -0.2) is 13.2 Å². The number of benzene rings is 1. The van der Waals surface area contributed by atoms with Gasteiger partial charge in [-0.3, -0.25) is 0 Å². The van der Waals surface area contributed by atoms with Gasteiger partial charge in [0.05, 0.1) is 18.6 Å². The molecule has 0 N–H and O–H groups in total. The fourth-order valence-corrected chi connectivity index (χ4v) is 2.07. The van der Waals surface area contributed by atoms with Crippen molar-refractivity contribution in [2.45, 2.75) is 13.3 Å². The van der Waals surface area contributed by atoms with Crippen molar-refractivity contribution in [2.75, 3.05) is 17.2 Å². The number of hydrogen-bond donors (Lipinski definition) is 0. The lowest BCUT2D eigenvalue weighted by Crippen LogP contribution is -2.36. The number of rotatable bonds is 4. The Hall–Kier alpha value is -1.56. The number of hydrogen-bond acceptors (Lipinski definition) is 4. The molecule has 0 spiro atoms. The van der Waals surface area contributed by atoms with E-state index in [1.807, 2.05) is 6.92 Å². The van der Waals surface area contributed by atoms with E-state index in [-0.39, 0.29) is 12.3 Å². The molecule has 0 aliphatic rings. The standard InChI is InChI=1S/C11H15NO4S/c1-3-9-16-11(13)12(17(2,14)15)10-7-5-4-6-8-10/h4-8H,3,9H2,1-2H3. The van der Waals surface area contributed by atoms with E-state index in [2.05, 4.69) is 0 Å². The lowest BCUT2D eigenvalue weighted by Gasteiger charge is -2.19. The number of ether oxygens (including phenoxy) is 1. The topological polar surface area (TPSA) is 63.7 Å². The molecular weight excluding hydrogens is 242 g/mol. The average molecular weight is 257 g/mol. The molecule has 0 unspecified atom stereocenters. The Kier molecular flexibility index (Phi) is 4.51. The van der Waals surface area contributed by atoms with Crippen molar-refractivity contribution in [2.24, 2.45) is 0 Å². The molecule has 17 heavy (non-hydrogen) atoms. The van der Waals surface area contributed by atoms with Crippen LogP contribution in [0.5, 0.6) is 0 Å². The van der Waals surface area contributed by atoms with Gasteiger partial charge in [0.25, 0.3) is 0 Å². The molecule has 0 fully saturated rings. The molecule has 0 atom stereocenters. The van der Waals surface area contributed by atoms with Crippen LogP contribution < -0.4 is 4.31 Å². The van der Waals surface area contributed by atoms with Crippen LogP contribution in [0.1, 0.15) is 13.3 Å². The summed E-state index contributed by atoms with van der Waals surface area (Å²) >= 11 is 0. The average Bonchev–Trinajstić information content (AvgIpc) is 2.26. The Balaban J connectivity index is 3.02. The number of para-hydroxylation sites is 1. The lowest BCUT2D eigenvalue weighted by molar-refractivity contribution is 0.158. The molecule has 0 heterocycles. The quantitative estimate of drug-likeness (QED) is 0.827. The van der Waals surface area contributed by atoms with Gasteiger partial charge >= 0.3 is 6.09 Å². The summed E-state index contributed by atoms with van der Waals surface area (Å²) in [5.41, 5.74) is 0.274. The van der Waals surface area contributed by atoms with Crippen LogP contribution in [0.25, 0.3) is 0 Å². The number of sulfonamides is 1. The predicted octanol–water partition coefficient (Wildman–Crippen LogP) is 2.00. The number of amides is 1. The third kappa shape index (κ3) is 3.74. The summed E-state index contributed by atoms with van der Waals surface area (Å²) in [7, 11) is -3.69. The summed E-state index contributed by atoms with van der Waals surface area (Å²) in [5.74, 6) is 0. The first-order valence-electron chi connectivity index (χ1n) is 5.19. The van der Waals surface area contributed by atoms with Gasteiger partial charge in [-0.15, -0.1) is 0 Å². The summed E-state index contributed by atoms with van der Waals surface area (Å²) < 4.78 is 28.6. The van der Waals surface area contributed by atoms with Crippen molar-refractivity contribution >= 4 is 21.8 Å². The van der Waals surface area contributed by atoms with Crippen molar-refractivity contribution in [3.05, 3.63) is 30.3 Å². The normalized spacial score (nSPS) is 10.9. The molecule has 0 saturated carbocycles. The highest BCUT2D eigenvalue weighted by Crippen LogP contribution is 2.17. The van der Waals surface area contributed by atoms with E-state index in [1.54, 1.807) is 18.2 Å². The molecule has 5 nitrogen and oxygen atoms in total. The summed E-state index contributed by atoms with van der Waals surface area (Å²) in [6.45, 7) is 2.03. The Bertz CT molecular complexity index is 470. The van der Waals surface area contributed by atoms with Gasteiger partial charge in [-0.1, -0.05) is 25.1 Å². The molecule has 94 valence electrons. The maximum absolute atomic E-state index is 11.7. The Morgan fingerprint density at radius 3 is 2.35 bits per heavy atom. The molecule has 0 radical (unpaired) electrons. The third-order valence-corrected chi connectivity index (χ3v) is 2.94. The molecule has 1 amide bonds. The molecule has 1 rings (SSSR count). The Morgan fingerprint density at radius 2 is 1.88 bits per heavy atom. The van der Waals surface area contributed by atoms with Crippen molar-refractivity contribution in [1.29, 1.82) is 0 Å². The minimum absolute atomic E-state index is 0.192. The van der Waals surface area contributed by atoms with E-state index in [1.165, 1.54) is 12.1 Å². The van der Waals surface area contributed by atoms with Crippen LogP contribution in [-0.4, -0.2) is 27.4 Å². The fraction of sp³-hybridized carbons (Fsp3) is 0.364. The van der Waals surface area contributed by atoms with Crippen LogP contribution in [0, 0.1) is 0 Å². The van der Waals surface area contributed by atoms with Crippen molar-refractivity contribution < 1.29 is 17.9 Å². The molecule has 6 heteroatoms. The molecule has 0 saturated heterocycles. The Morgan fingerprint density at radius 1 is 1.29 bits per heavy atom. The van der Waals surface area contributed by atoms with Crippen LogP contribution >= 0.6 is 0 Å². The zero-order chi connectivity index (χ0) is 12.9. The highest BCUT2D eigenvalue weighted by molar-refractivity contribution is 7.92. The smallest absolute Gasteiger partial charge is 0.428 e. The third-order valence-electron chi connectivity index (χ3n) is 1.92. The summed E-state index contributed by atoms with van der Waals surface area (Å²) in [4.78, 5) is 11.7. The minimum atomic E-state index is -3.69. The van der Waals surface area contributed by atoms with E-state index in [4.69, 9.17) is 4.74 Å². The van der Waals surface area contributed by atoms with Crippen LogP contribution in [0.15, 0.2) is 30.3 Å². The largest absolute Gasteiger partial charge is 0.448 e. The van der Waals surface area contributed by atoms with Crippen LogP contribution in [0.2, 0.25) is 0 Å². The van der Waals surface area contributed by atoms with E-state index in [9.17, 15) is 13.2 Å². The fourth-order valence-electron chi connectivity index (χ4n) is 1.24. The lowest BCUT2D eigenvalue weighted by atomic mass is 10.3. The van der Waals surface area contributed by atoms with E-state index in [0.29, 0.717) is 10.7 Å². The first kappa shape index (κ1) is 13.5. The van der Waals surface area contributed by atoms with Crippen molar-refractivity contribution in [3.63, 3.8) is 0 Å². The number of nitrogens with zero attached hydrogens (tertiary/aromatic N) is 1. The van der Waals surface area contributed by atoms with Gasteiger partial charge < -0.3 is 4.74 Å². The van der Waals surface area contributed by atoms with Gasteiger partial charge in [0.1, 0.15) is 0 Å². The second-order valence-electron chi connectivity index (χ2n) is 3.48. The highest BCUT2D eigenvalue weighted by Gasteiger charge is 2.26. The van der Waals surface area contributed by atoms with Crippen LogP contribution in [-0.2, 0) is 14.8 Å². The SMILES string of the molecule is CCCOC(=O)N(c1ccccc1)S(C)(=O)=O. The van der Waals surface area contributed by atoms with E-state index < -0.39 is 16.1 Å². The van der Waals surface area contributed by atoms with E-state index >= 15 is 0 Å². The zero-order valence-corrected chi connectivity index (χ0v) is 10.6. The second kappa shape index (κ2) is 5.67. The van der Waals surface area contributed by atoms with Crippen LogP contribution in [0.3, 0.4) is 0 Å². The van der Waals surface area contributed by atoms with Gasteiger partial charge in [-0.2, -0.15) is 4.31 Å².